The molecule has 2 rings (SSSR count). The molecule has 46 valence electrons. The van der Waals surface area contributed by atoms with Crippen molar-refractivity contribution in [3.8, 4) is 0 Å². The first kappa shape index (κ1) is 4.77. The van der Waals surface area contributed by atoms with Gasteiger partial charge in [-0.1, -0.05) is 6.92 Å². The van der Waals surface area contributed by atoms with Crippen molar-refractivity contribution in [2.24, 2.45) is 23.6 Å². The topological polar surface area (TPSA) is 29.3 Å². The molecule has 1 aliphatic carbocycles. The molecular weight excluding hydrogens is 100 g/mol. The van der Waals surface area contributed by atoms with Crippen LogP contribution in [0.25, 0.3) is 0 Å². The monoisotopic (exact) mass is 112 g/mol. The lowest BCUT2D eigenvalue weighted by atomic mass is 10.3. The highest BCUT2D eigenvalue weighted by Crippen LogP contribution is 2.50. The molecule has 3 atom stereocenters. The summed E-state index contributed by atoms with van der Waals surface area (Å²) in [5, 5.41) is 1.94. The molecule has 1 saturated carbocycles. The van der Waals surface area contributed by atoms with Gasteiger partial charge in [-0.15, -0.1) is 0 Å². The first-order valence-corrected chi connectivity index (χ1v) is 3.28. The molecule has 8 heavy (non-hydrogen) atoms. The Labute approximate surface area is 49.6 Å². The Kier molecular flexibility index (Phi) is 0.746. The minimum atomic E-state index is 0.958. The summed E-state index contributed by atoms with van der Waals surface area (Å²) < 4.78 is 0. The third kappa shape index (κ3) is 0.446. The highest BCUT2D eigenvalue weighted by Gasteiger charge is 2.51. The zero-order valence-electron chi connectivity index (χ0n) is 5.17. The molecule has 0 bridgehead atoms. The van der Waals surface area contributed by atoms with Crippen molar-refractivity contribution in [3.63, 3.8) is 0 Å². The van der Waals surface area contributed by atoms with Crippen LogP contribution in [0.3, 0.4) is 0 Å². The van der Waals surface area contributed by atoms with Gasteiger partial charge >= 0.3 is 0 Å². The van der Waals surface area contributed by atoms with Crippen molar-refractivity contribution in [2.75, 3.05) is 13.1 Å². The molecule has 0 spiro atoms. The van der Waals surface area contributed by atoms with Crippen LogP contribution >= 0.6 is 0 Å². The summed E-state index contributed by atoms with van der Waals surface area (Å²) in [4.78, 5) is 0. The fourth-order valence-electron chi connectivity index (χ4n) is 1.86. The number of nitrogens with zero attached hydrogens (tertiary/aromatic N) is 1. The van der Waals surface area contributed by atoms with Crippen molar-refractivity contribution < 1.29 is 0 Å². The van der Waals surface area contributed by atoms with Crippen LogP contribution in [0.4, 0.5) is 0 Å². The number of nitrogens with two attached hydrogens (primary N) is 1. The van der Waals surface area contributed by atoms with Gasteiger partial charge in [0.1, 0.15) is 0 Å². The summed E-state index contributed by atoms with van der Waals surface area (Å²) in [5.41, 5.74) is 0. The molecule has 2 heteroatoms. The van der Waals surface area contributed by atoms with Crippen molar-refractivity contribution in [2.45, 2.75) is 6.92 Å². The quantitative estimate of drug-likeness (QED) is 0.449. The summed E-state index contributed by atoms with van der Waals surface area (Å²) in [6.45, 7) is 4.61. The minimum Gasteiger partial charge on any atom is -0.269 e. The third-order valence-electron chi connectivity index (χ3n) is 2.65. The summed E-state index contributed by atoms with van der Waals surface area (Å²) in [5.74, 6) is 8.45. The lowest BCUT2D eigenvalue weighted by molar-refractivity contribution is 0.300. The van der Waals surface area contributed by atoms with Gasteiger partial charge in [-0.25, -0.2) is 5.01 Å². The maximum Gasteiger partial charge on any atom is 0.0162 e. The predicted octanol–water partition coefficient (Wildman–Crippen LogP) is 0.0578. The van der Waals surface area contributed by atoms with E-state index in [1.54, 1.807) is 0 Å². The van der Waals surface area contributed by atoms with E-state index in [4.69, 9.17) is 5.84 Å². The highest BCUT2D eigenvalue weighted by atomic mass is 15.4. The maximum atomic E-state index is 5.55. The molecule has 2 nitrogen and oxygen atoms in total. The Balaban J connectivity index is 2.00. The molecule has 2 N–H and O–H groups in total. The van der Waals surface area contributed by atoms with Gasteiger partial charge < -0.3 is 0 Å². The Morgan fingerprint density at radius 1 is 1.38 bits per heavy atom. The minimum absolute atomic E-state index is 0.958. The summed E-state index contributed by atoms with van der Waals surface area (Å²) in [7, 11) is 0. The Morgan fingerprint density at radius 3 is 2.25 bits per heavy atom. The van der Waals surface area contributed by atoms with E-state index >= 15 is 0 Å². The van der Waals surface area contributed by atoms with E-state index in [0.29, 0.717) is 0 Å². The average molecular weight is 112 g/mol. The third-order valence-corrected chi connectivity index (χ3v) is 2.65. The van der Waals surface area contributed by atoms with Crippen LogP contribution in [0.2, 0.25) is 0 Å². The molecule has 1 saturated heterocycles. The van der Waals surface area contributed by atoms with Crippen molar-refractivity contribution in [1.29, 1.82) is 0 Å². The van der Waals surface area contributed by atoms with Crippen molar-refractivity contribution >= 4 is 0 Å². The van der Waals surface area contributed by atoms with Gasteiger partial charge in [0.2, 0.25) is 0 Å². The van der Waals surface area contributed by atoms with E-state index in [0.717, 1.165) is 30.8 Å². The highest BCUT2D eigenvalue weighted by molar-refractivity contribution is 5.01. The van der Waals surface area contributed by atoms with E-state index in [1.807, 2.05) is 5.01 Å². The summed E-state index contributed by atoms with van der Waals surface area (Å²) >= 11 is 0. The first-order chi connectivity index (χ1) is 3.79. The molecule has 0 aromatic carbocycles. The fourth-order valence-corrected chi connectivity index (χ4v) is 1.86. The van der Waals surface area contributed by atoms with Crippen LogP contribution in [-0.4, -0.2) is 18.1 Å². The predicted molar refractivity (Wildman–Crippen MR) is 31.9 cm³/mol. The van der Waals surface area contributed by atoms with Gasteiger partial charge in [0, 0.05) is 13.1 Å². The Morgan fingerprint density at radius 2 is 1.88 bits per heavy atom. The van der Waals surface area contributed by atoms with Crippen LogP contribution in [0.5, 0.6) is 0 Å². The van der Waals surface area contributed by atoms with Crippen molar-refractivity contribution in [1.82, 2.24) is 5.01 Å². The van der Waals surface area contributed by atoms with Crippen LogP contribution < -0.4 is 5.84 Å². The van der Waals surface area contributed by atoms with Crippen molar-refractivity contribution in [3.05, 3.63) is 0 Å². The van der Waals surface area contributed by atoms with Crippen LogP contribution in [-0.2, 0) is 0 Å². The lowest BCUT2D eigenvalue weighted by Crippen LogP contribution is -2.30. The van der Waals surface area contributed by atoms with E-state index in [1.165, 1.54) is 0 Å². The van der Waals surface area contributed by atoms with Gasteiger partial charge in [0.25, 0.3) is 0 Å². The second-order valence-corrected chi connectivity index (χ2v) is 3.14. The molecule has 0 radical (unpaired) electrons. The maximum absolute atomic E-state index is 5.55. The van der Waals surface area contributed by atoms with Crippen LogP contribution in [0.1, 0.15) is 6.92 Å². The smallest absolute Gasteiger partial charge is 0.0162 e. The van der Waals surface area contributed by atoms with Crippen LogP contribution in [0.15, 0.2) is 0 Å². The standard InChI is InChI=1S/C6H12N2/c1-4-5-2-8(7)3-6(4)5/h4-6H,2-3,7H2,1H3/t4-,5+,6-. The lowest BCUT2D eigenvalue weighted by Gasteiger charge is -2.09. The zero-order chi connectivity index (χ0) is 5.72. The number of hydrogen-bond donors (Lipinski definition) is 1. The normalized spacial score (nSPS) is 54.0. The van der Waals surface area contributed by atoms with Gasteiger partial charge in [-0.05, 0) is 17.8 Å². The average Bonchev–Trinajstić information content (AvgIpc) is 2.29. The zero-order valence-corrected chi connectivity index (χ0v) is 5.17. The molecule has 1 aliphatic heterocycles. The van der Waals surface area contributed by atoms with E-state index < -0.39 is 0 Å². The van der Waals surface area contributed by atoms with Gasteiger partial charge in [-0.3, -0.25) is 5.84 Å². The molecule has 0 aromatic rings. The molecule has 1 heterocycles. The number of piperidine rings is 1. The van der Waals surface area contributed by atoms with Gasteiger partial charge in [0.05, 0.1) is 0 Å². The number of fused-ring (bicyclic) bond motifs is 1. The van der Waals surface area contributed by atoms with Gasteiger partial charge in [0.15, 0.2) is 0 Å². The Hall–Kier alpha value is -0.0800. The van der Waals surface area contributed by atoms with E-state index in [2.05, 4.69) is 6.92 Å². The van der Waals surface area contributed by atoms with Crippen LogP contribution in [0, 0.1) is 17.8 Å². The van der Waals surface area contributed by atoms with E-state index in [9.17, 15) is 0 Å². The largest absolute Gasteiger partial charge is 0.269 e. The van der Waals surface area contributed by atoms with E-state index in [-0.39, 0.29) is 0 Å². The molecule has 0 aromatic heterocycles. The SMILES string of the molecule is C[C@H]1[C@H]2CN(N)C[C@@H]12. The number of hydrazine groups is 1. The molecule has 0 amide bonds. The number of rotatable bonds is 0. The summed E-state index contributed by atoms with van der Waals surface area (Å²) in [6.07, 6.45) is 0. The number of hydrogen-bond acceptors (Lipinski definition) is 2. The molecule has 2 fully saturated rings. The molecule has 0 unspecified atom stereocenters. The molecule has 2 aliphatic rings. The first-order valence-electron chi connectivity index (χ1n) is 3.28. The fraction of sp³-hybridized carbons (Fsp3) is 1.00. The Bertz CT molecular complexity index is 101. The summed E-state index contributed by atoms with van der Waals surface area (Å²) in [6, 6.07) is 0. The second kappa shape index (κ2) is 1.25. The molecular formula is C6H12N2. The van der Waals surface area contributed by atoms with Gasteiger partial charge in [-0.2, -0.15) is 0 Å². The second-order valence-electron chi connectivity index (χ2n) is 3.14.